The lowest BCUT2D eigenvalue weighted by Crippen LogP contribution is -2.61. The Labute approximate surface area is 708 Å². The lowest BCUT2D eigenvalue weighted by atomic mass is 9.99. The van der Waals surface area contributed by atoms with Gasteiger partial charge in [0.05, 0.1) is 28.2 Å². The van der Waals surface area contributed by atoms with Crippen LogP contribution in [0.25, 0.3) is 10.9 Å². The third-order valence-corrected chi connectivity index (χ3v) is 21.4. The van der Waals surface area contributed by atoms with Gasteiger partial charge in [0.25, 0.3) is 0 Å². The van der Waals surface area contributed by atoms with Gasteiger partial charge in [-0.2, -0.15) is 0 Å². The van der Waals surface area contributed by atoms with E-state index in [4.69, 9.17) is 28.3 Å². The molecule has 2 saturated heterocycles. The molecule has 2 fully saturated rings. The number of primary amides is 2. The molecule has 0 unspecified atom stereocenters. The van der Waals surface area contributed by atoms with Crippen LogP contribution in [0.3, 0.4) is 0 Å². The van der Waals surface area contributed by atoms with E-state index in [9.17, 15) is 77.3 Å². The summed E-state index contributed by atoms with van der Waals surface area (Å²) in [6.07, 6.45) is 4.59. The first-order chi connectivity index (χ1) is 57.1. The summed E-state index contributed by atoms with van der Waals surface area (Å²) in [7, 11) is 0. The Morgan fingerprint density at radius 1 is 0.550 bits per heavy atom. The van der Waals surface area contributed by atoms with Crippen molar-refractivity contribution in [3.8, 4) is 5.75 Å². The molecule has 0 aliphatic carbocycles. The van der Waals surface area contributed by atoms with E-state index in [1.807, 2.05) is 41.6 Å². The number of aromatic hydroxyl groups is 1. The fourth-order valence-electron chi connectivity index (χ4n) is 14.3. The number of aromatic amines is 2. The van der Waals surface area contributed by atoms with E-state index in [0.29, 0.717) is 56.1 Å². The van der Waals surface area contributed by atoms with E-state index < -0.39 is 193 Å². The summed E-state index contributed by atoms with van der Waals surface area (Å²) in [4.78, 5) is 223. The number of amides is 14. The molecule has 0 saturated carbocycles. The maximum Gasteiger partial charge on any atom is 0.326 e. The number of carboxylic acid groups (broad SMARTS) is 1. The van der Waals surface area contributed by atoms with Crippen LogP contribution >= 0.6 is 22.6 Å². The molecule has 3 aromatic carbocycles. The molecule has 7 rings (SSSR count). The van der Waals surface area contributed by atoms with Crippen molar-refractivity contribution < 1.29 is 82.1 Å². The molecule has 2 aliphatic heterocycles. The van der Waals surface area contributed by atoms with Crippen molar-refractivity contribution in [1.29, 1.82) is 5.41 Å². The number of hydrogen-bond acceptors (Lipinski definition) is 19. The molecule has 2 aromatic heterocycles. The van der Waals surface area contributed by atoms with Crippen LogP contribution in [0.5, 0.6) is 5.75 Å². The molecule has 14 amide bonds. The number of aliphatic carboxylic acids is 1. The summed E-state index contributed by atoms with van der Waals surface area (Å²) < 4.78 is 0.525. The minimum atomic E-state index is -1.61. The van der Waals surface area contributed by atoms with Gasteiger partial charge >= 0.3 is 5.97 Å². The average molecular weight is 1780 g/mol. The van der Waals surface area contributed by atoms with E-state index >= 15 is 4.79 Å². The van der Waals surface area contributed by atoms with Gasteiger partial charge in [-0.15, -0.1) is 0 Å². The quantitative estimate of drug-likeness (QED) is 0.0100. The van der Waals surface area contributed by atoms with E-state index in [1.165, 1.54) is 28.4 Å². The monoisotopic (exact) mass is 1780 g/mol. The SMILES string of the molecule is CCCC[C@H](NC(=O)[C@@H]1CCCN1C(=O)[C@H](CCC(N)=O)NC(=O)CNC(=O)[C@@H]1CCCN1C(=O)[C@H](CCCNC(=N)N)NC(=O)[C@H](CC(C)C)NC(=O)[C@H](CCC(N)=O)NC(=O)[C@H](CC(C)C)NC(=O)[C@H](Cc1c[nH]c2ccccc12)NC(=O)[C@H](Cc1c[nH]cn1)NC(=O)[C@@H](N)Cc1ccc(O)c(I)c1)C(=O)N[C@@H](Cc1ccccc1)C(=O)O. The molecule has 0 bridgehead atoms. The number of carboxylic acids is 1. The van der Waals surface area contributed by atoms with Crippen molar-refractivity contribution in [3.63, 3.8) is 0 Å². The Bertz CT molecular complexity index is 4410. The minimum absolute atomic E-state index is 0.00580. The normalized spacial score (nSPS) is 16.3. The number of nitrogens with zero attached hydrogens (tertiary/aromatic N) is 3. The van der Waals surface area contributed by atoms with Crippen molar-refractivity contribution in [3.05, 3.63) is 117 Å². The van der Waals surface area contributed by atoms with Gasteiger partial charge in [0.1, 0.15) is 72.2 Å². The second-order valence-corrected chi connectivity index (χ2v) is 32.2. The van der Waals surface area contributed by atoms with Crippen LogP contribution in [0, 0.1) is 20.8 Å². The zero-order chi connectivity index (χ0) is 87.9. The second kappa shape index (κ2) is 47.1. The molecule has 652 valence electrons. The Balaban J connectivity index is 1.04. The van der Waals surface area contributed by atoms with E-state index in [0.717, 1.165) is 0 Å². The van der Waals surface area contributed by atoms with E-state index in [-0.39, 0.29) is 121 Å². The van der Waals surface area contributed by atoms with Gasteiger partial charge in [-0.25, -0.2) is 9.78 Å². The highest BCUT2D eigenvalue weighted by Gasteiger charge is 2.43. The molecule has 120 heavy (non-hydrogen) atoms. The Morgan fingerprint density at radius 2 is 1.06 bits per heavy atom. The number of H-pyrrole nitrogens is 2. The first-order valence-corrected chi connectivity index (χ1v) is 41.4. The molecular formula is C81H114IN21O17. The summed E-state index contributed by atoms with van der Waals surface area (Å²) in [6.45, 7) is 8.21. The number of para-hydroxylation sites is 1. The topological polar surface area (TPSA) is 608 Å². The number of nitrogens with one attached hydrogen (secondary N) is 14. The molecule has 12 atom stereocenters. The zero-order valence-electron chi connectivity index (χ0n) is 68.1. The summed E-state index contributed by atoms with van der Waals surface area (Å²) in [5, 5.41) is 57.9. The first-order valence-electron chi connectivity index (χ1n) is 40.4. The zero-order valence-corrected chi connectivity index (χ0v) is 70.2. The highest BCUT2D eigenvalue weighted by molar-refractivity contribution is 14.1. The van der Waals surface area contributed by atoms with Crippen LogP contribution in [0.4, 0.5) is 0 Å². The van der Waals surface area contributed by atoms with Crippen molar-refractivity contribution in [2.45, 2.75) is 229 Å². The number of nitrogens with two attached hydrogens (primary N) is 4. The molecule has 0 spiro atoms. The van der Waals surface area contributed by atoms with Crippen LogP contribution in [0.2, 0.25) is 0 Å². The molecule has 39 heteroatoms. The predicted octanol–water partition coefficient (Wildman–Crippen LogP) is -0.578. The maximum atomic E-state index is 15.0. The van der Waals surface area contributed by atoms with Crippen LogP contribution < -0.4 is 81.4 Å². The van der Waals surface area contributed by atoms with Gasteiger partial charge in [0, 0.05) is 75.0 Å². The number of guanidine groups is 1. The number of carbonyl (C=O) groups excluding carboxylic acids is 14. The van der Waals surface area contributed by atoms with Gasteiger partial charge in [-0.3, -0.25) is 72.5 Å². The number of unbranched alkanes of at least 4 members (excludes halogenated alkanes) is 1. The summed E-state index contributed by atoms with van der Waals surface area (Å²) >= 11 is 1.94. The smallest absolute Gasteiger partial charge is 0.326 e. The van der Waals surface area contributed by atoms with Crippen molar-refractivity contribution in [2.24, 2.45) is 34.8 Å². The fourth-order valence-corrected chi connectivity index (χ4v) is 14.9. The predicted molar refractivity (Wildman–Crippen MR) is 449 cm³/mol. The van der Waals surface area contributed by atoms with Crippen LogP contribution in [0.15, 0.2) is 91.5 Å². The number of rotatable bonds is 48. The molecule has 24 N–H and O–H groups in total. The van der Waals surface area contributed by atoms with Crippen molar-refractivity contribution in [2.75, 3.05) is 26.2 Å². The van der Waals surface area contributed by atoms with Crippen LogP contribution in [0.1, 0.15) is 153 Å². The lowest BCUT2D eigenvalue weighted by Gasteiger charge is -2.31. The highest BCUT2D eigenvalue weighted by Crippen LogP contribution is 2.26. The number of imidazole rings is 1. The van der Waals surface area contributed by atoms with Gasteiger partial charge in [0.2, 0.25) is 82.7 Å². The second-order valence-electron chi connectivity index (χ2n) is 31.1. The largest absolute Gasteiger partial charge is 0.507 e. The number of halogens is 1. The number of fused-ring (bicyclic) bond motifs is 1. The standard InChI is InChI=1S/C81H114IN21O17/c1-6-7-19-54(70(109)101-62(80(119)120)37-46-16-9-8-10-17-46)95-77(116)64-23-15-32-103(64)79(118)57(26-29-67(85)106)93-68(107)42-91-76(115)63-22-14-31-102(63)78(117)56(21-13-30-89-81(86)87)96-73(112)59(34-45(4)5)98-71(110)55(25-28-66(84)105)94-72(111)58(33-44(2)3)99-74(113)60(38-48-40-90-53-20-12-11-18-50(48)53)100-75(114)61(39-49-41-88-43-92-49)97-69(108)52(83)36-47-24-27-65(104)51(82)35-47/h8-12,16-18,20,24,27,35,40-41,43-45,52,54-64,90,104H,6-7,13-15,19,21-23,25-26,28-34,36-39,42,83H2,1-5H3,(H2,84,105)(H2,85,106)(H,88,92)(H,91,115)(H,93,107)(H,94,111)(H,95,116)(H,96,112)(H,97,108)(H,98,110)(H,99,113)(H,100,114)(H,101,109)(H,119,120)(H4,86,87,89)/t52-,54-,55-,56-,57-,58-,59-,60-,61-,62-,63-,64-/m0/s1. The number of phenolic OH excluding ortho intramolecular Hbond substituents is 1. The Hall–Kier alpha value is -11.8. The molecular weight excluding hydrogens is 1670 g/mol. The molecule has 5 aromatic rings. The fraction of sp³-hybridized carbons (Fsp3) is 0.519. The molecule has 38 nitrogen and oxygen atoms in total. The third-order valence-electron chi connectivity index (χ3n) is 20.5. The first kappa shape index (κ1) is 95.4. The number of likely N-dealkylation sites (tertiary alicyclic amines) is 2. The summed E-state index contributed by atoms with van der Waals surface area (Å²) in [6, 6.07) is 4.31. The molecule has 0 radical (unpaired) electrons. The van der Waals surface area contributed by atoms with Gasteiger partial charge < -0.3 is 111 Å². The number of hydrogen-bond donors (Lipinski definition) is 20. The lowest BCUT2D eigenvalue weighted by molar-refractivity contribution is -0.144. The number of aromatic nitrogens is 3. The summed E-state index contributed by atoms with van der Waals surface area (Å²) in [5.41, 5.74) is 26.1. The minimum Gasteiger partial charge on any atom is -0.507 e. The molecule has 2 aliphatic rings. The maximum absolute atomic E-state index is 15.0. The van der Waals surface area contributed by atoms with Crippen LogP contribution in [-0.4, -0.2) is 228 Å². The average Bonchev–Trinajstić information content (AvgIpc) is 1.65. The molecule has 4 heterocycles. The number of carbonyl (C=O) groups is 15. The van der Waals surface area contributed by atoms with Crippen molar-refractivity contribution in [1.82, 2.24) is 83.2 Å². The third kappa shape index (κ3) is 29.9. The van der Waals surface area contributed by atoms with E-state index in [1.54, 1.807) is 88.5 Å². The Kier molecular flexibility index (Phi) is 37.4. The summed E-state index contributed by atoms with van der Waals surface area (Å²) in [5.74, 6) is -13.9. The van der Waals surface area contributed by atoms with Crippen molar-refractivity contribution >= 4 is 128 Å². The van der Waals surface area contributed by atoms with E-state index in [2.05, 4.69) is 73.4 Å². The highest BCUT2D eigenvalue weighted by atomic mass is 127. The Morgan fingerprint density at radius 3 is 1.62 bits per heavy atom. The van der Waals surface area contributed by atoms with Gasteiger partial charge in [-0.05, 0) is 146 Å². The van der Waals surface area contributed by atoms with Crippen LogP contribution in [-0.2, 0) is 97.6 Å². The van der Waals surface area contributed by atoms with Gasteiger partial charge in [-0.1, -0.05) is 102 Å². The van der Waals surface area contributed by atoms with Gasteiger partial charge in [0.15, 0.2) is 5.96 Å². The number of benzene rings is 3. The number of phenols is 1.